The normalized spacial score (nSPS) is 44.4. The molecule has 6 nitrogen and oxygen atoms in total. The van der Waals surface area contributed by atoms with Gasteiger partial charge in [-0.25, -0.2) is 0 Å². The van der Waals surface area contributed by atoms with Crippen molar-refractivity contribution in [3.63, 3.8) is 0 Å². The van der Waals surface area contributed by atoms with Crippen LogP contribution in [0.15, 0.2) is 0 Å². The minimum Gasteiger partial charge on any atom is -0.394 e. The van der Waals surface area contributed by atoms with E-state index >= 15 is 0 Å². The predicted octanol–water partition coefficient (Wildman–Crippen LogP) is -2.65. The van der Waals surface area contributed by atoms with Crippen molar-refractivity contribution < 1.29 is 25.2 Å². The van der Waals surface area contributed by atoms with E-state index in [1.165, 1.54) is 0 Å². The highest BCUT2D eigenvalue weighted by Crippen LogP contribution is 2.22. The van der Waals surface area contributed by atoms with Gasteiger partial charge in [-0.15, -0.1) is 0 Å². The monoisotopic (exact) mass is 207 g/mol. The molecule has 14 heavy (non-hydrogen) atoms. The van der Waals surface area contributed by atoms with Crippen LogP contribution < -0.4 is 0 Å². The van der Waals surface area contributed by atoms with Crippen LogP contribution in [0.25, 0.3) is 0 Å². The summed E-state index contributed by atoms with van der Waals surface area (Å²) in [6, 6.07) is -0.687. The number of hydrogen-bond acceptors (Lipinski definition) is 6. The third-order valence-electron chi connectivity index (χ3n) is 2.46. The van der Waals surface area contributed by atoms with E-state index in [2.05, 4.69) is 0 Å². The summed E-state index contributed by atoms with van der Waals surface area (Å²) >= 11 is 0. The van der Waals surface area contributed by atoms with E-state index in [1.54, 1.807) is 19.0 Å². The molecule has 0 aliphatic carbocycles. The van der Waals surface area contributed by atoms with Crippen molar-refractivity contribution in [2.24, 2.45) is 0 Å². The maximum atomic E-state index is 9.64. The van der Waals surface area contributed by atoms with Crippen LogP contribution in [0.5, 0.6) is 0 Å². The molecule has 0 bridgehead atoms. The van der Waals surface area contributed by atoms with Gasteiger partial charge >= 0.3 is 0 Å². The van der Waals surface area contributed by atoms with E-state index in [9.17, 15) is 15.3 Å². The lowest BCUT2D eigenvalue weighted by Gasteiger charge is -2.42. The smallest absolute Gasteiger partial charge is 0.173 e. The second-order valence-electron chi connectivity index (χ2n) is 3.68. The Kier molecular flexibility index (Phi) is 3.82. The lowest BCUT2D eigenvalue weighted by Crippen LogP contribution is -2.62. The number of aliphatic hydroxyl groups is 4. The molecule has 1 heterocycles. The first-order valence-electron chi connectivity index (χ1n) is 4.46. The van der Waals surface area contributed by atoms with E-state index in [0.29, 0.717) is 0 Å². The Hall–Kier alpha value is -0.240. The van der Waals surface area contributed by atoms with Crippen molar-refractivity contribution >= 4 is 0 Å². The molecule has 0 unspecified atom stereocenters. The Morgan fingerprint density at radius 2 is 1.71 bits per heavy atom. The van der Waals surface area contributed by atoms with Crippen LogP contribution in [0.1, 0.15) is 0 Å². The molecule has 0 radical (unpaired) electrons. The second kappa shape index (κ2) is 4.52. The third-order valence-corrected chi connectivity index (χ3v) is 2.46. The lowest BCUT2D eigenvalue weighted by molar-refractivity contribution is -0.268. The van der Waals surface area contributed by atoms with E-state index < -0.39 is 37.3 Å². The number of ether oxygens (including phenoxy) is 1. The number of rotatable bonds is 2. The van der Waals surface area contributed by atoms with Crippen LogP contribution in [0.4, 0.5) is 0 Å². The molecule has 4 N–H and O–H groups in total. The SMILES string of the molecule is CN(C)[C@H]1[C@@H](O)[C@@H](O)[C@@H](CO)O[C@@H]1O. The zero-order valence-corrected chi connectivity index (χ0v) is 8.24. The van der Waals surface area contributed by atoms with Gasteiger partial charge in [0.2, 0.25) is 0 Å². The Labute approximate surface area is 82.3 Å². The van der Waals surface area contributed by atoms with Crippen molar-refractivity contribution in [3.8, 4) is 0 Å². The van der Waals surface area contributed by atoms with Gasteiger partial charge in [0.05, 0.1) is 12.6 Å². The summed E-state index contributed by atoms with van der Waals surface area (Å²) in [6.07, 6.45) is -4.46. The first kappa shape index (κ1) is 11.8. The molecular weight excluding hydrogens is 190 g/mol. The molecular formula is C8H17NO5. The van der Waals surface area contributed by atoms with Crippen LogP contribution >= 0.6 is 0 Å². The van der Waals surface area contributed by atoms with Crippen molar-refractivity contribution in [2.75, 3.05) is 20.7 Å². The topological polar surface area (TPSA) is 93.4 Å². The molecule has 0 aromatic carbocycles. The Bertz CT molecular complexity index is 189. The minimum absolute atomic E-state index is 0.435. The largest absolute Gasteiger partial charge is 0.394 e. The zero-order valence-electron chi connectivity index (χ0n) is 8.24. The summed E-state index contributed by atoms with van der Waals surface area (Å²) in [4.78, 5) is 1.56. The summed E-state index contributed by atoms with van der Waals surface area (Å²) in [5.74, 6) is 0. The molecule has 1 rings (SSSR count). The minimum atomic E-state index is -1.21. The molecule has 0 aromatic rings. The van der Waals surface area contributed by atoms with Crippen molar-refractivity contribution in [2.45, 2.75) is 30.6 Å². The van der Waals surface area contributed by atoms with Gasteiger partial charge in [0.1, 0.15) is 18.3 Å². The maximum Gasteiger partial charge on any atom is 0.173 e. The predicted molar refractivity (Wildman–Crippen MR) is 47.5 cm³/mol. The Balaban J connectivity index is 2.74. The number of hydrogen-bond donors (Lipinski definition) is 4. The van der Waals surface area contributed by atoms with Gasteiger partial charge in [0.15, 0.2) is 6.29 Å². The standard InChI is InChI=1S/C8H17NO5/c1-9(2)5-7(12)6(11)4(3-10)14-8(5)13/h4-8,10-13H,3H2,1-2H3/t4-,5+,6+,7-,8+/m1/s1. The average Bonchev–Trinajstić information content (AvgIpc) is 2.10. The van der Waals surface area contributed by atoms with Crippen molar-refractivity contribution in [1.82, 2.24) is 4.90 Å². The van der Waals surface area contributed by atoms with Gasteiger partial charge in [0.25, 0.3) is 0 Å². The van der Waals surface area contributed by atoms with E-state index in [1.807, 2.05) is 0 Å². The number of aliphatic hydroxyl groups excluding tert-OH is 4. The molecule has 84 valence electrons. The maximum absolute atomic E-state index is 9.64. The molecule has 0 aromatic heterocycles. The quantitative estimate of drug-likeness (QED) is 0.395. The van der Waals surface area contributed by atoms with Gasteiger partial charge in [-0.05, 0) is 14.1 Å². The fourth-order valence-electron chi connectivity index (χ4n) is 1.64. The molecule has 6 heteroatoms. The van der Waals surface area contributed by atoms with Crippen LogP contribution in [-0.2, 0) is 4.74 Å². The fraction of sp³-hybridized carbons (Fsp3) is 1.00. The number of likely N-dealkylation sites (N-methyl/N-ethyl adjacent to an activating group) is 1. The highest BCUT2D eigenvalue weighted by molar-refractivity contribution is 4.92. The first-order chi connectivity index (χ1) is 6.49. The lowest BCUT2D eigenvalue weighted by atomic mass is 9.96. The van der Waals surface area contributed by atoms with E-state index in [-0.39, 0.29) is 0 Å². The first-order valence-corrected chi connectivity index (χ1v) is 4.46. The van der Waals surface area contributed by atoms with E-state index in [4.69, 9.17) is 9.84 Å². The van der Waals surface area contributed by atoms with Gasteiger partial charge in [0, 0.05) is 0 Å². The summed E-state index contributed by atoms with van der Waals surface area (Å²) in [7, 11) is 3.32. The van der Waals surface area contributed by atoms with Crippen LogP contribution in [0.2, 0.25) is 0 Å². The molecule has 0 saturated carbocycles. The fourth-order valence-corrected chi connectivity index (χ4v) is 1.64. The Morgan fingerprint density at radius 1 is 1.14 bits per heavy atom. The summed E-state index contributed by atoms with van der Waals surface area (Å²) in [6.45, 7) is -0.435. The molecule has 5 atom stereocenters. The molecule has 1 fully saturated rings. The third kappa shape index (κ3) is 2.05. The molecule has 1 saturated heterocycles. The highest BCUT2D eigenvalue weighted by Gasteiger charge is 2.44. The second-order valence-corrected chi connectivity index (χ2v) is 3.68. The van der Waals surface area contributed by atoms with Crippen molar-refractivity contribution in [3.05, 3.63) is 0 Å². The summed E-state index contributed by atoms with van der Waals surface area (Å²) < 4.78 is 4.95. The average molecular weight is 207 g/mol. The van der Waals surface area contributed by atoms with Gasteiger partial charge in [-0.2, -0.15) is 0 Å². The number of nitrogens with zero attached hydrogens (tertiary/aromatic N) is 1. The Morgan fingerprint density at radius 3 is 2.14 bits per heavy atom. The molecule has 0 spiro atoms. The highest BCUT2D eigenvalue weighted by atomic mass is 16.6. The van der Waals surface area contributed by atoms with Crippen molar-refractivity contribution in [1.29, 1.82) is 0 Å². The molecule has 1 aliphatic rings. The molecule has 0 amide bonds. The molecule has 1 aliphatic heterocycles. The van der Waals surface area contributed by atoms with Crippen LogP contribution in [0.3, 0.4) is 0 Å². The summed E-state index contributed by atoms with van der Waals surface area (Å²) in [5, 5.41) is 37.4. The van der Waals surface area contributed by atoms with Gasteiger partial charge in [-0.1, -0.05) is 0 Å². The summed E-state index contributed by atoms with van der Waals surface area (Å²) in [5.41, 5.74) is 0. The van der Waals surface area contributed by atoms with Gasteiger partial charge < -0.3 is 25.2 Å². The zero-order chi connectivity index (χ0) is 10.9. The van der Waals surface area contributed by atoms with Crippen LogP contribution in [-0.4, -0.2) is 76.7 Å². The van der Waals surface area contributed by atoms with E-state index in [0.717, 1.165) is 0 Å². The van der Waals surface area contributed by atoms with Gasteiger partial charge in [-0.3, -0.25) is 4.90 Å². The van der Waals surface area contributed by atoms with Crippen LogP contribution in [0, 0.1) is 0 Å².